The van der Waals surface area contributed by atoms with Crippen molar-refractivity contribution >= 4 is 53.0 Å². The van der Waals surface area contributed by atoms with Crippen molar-refractivity contribution in [3.63, 3.8) is 0 Å². The topological polar surface area (TPSA) is 125 Å². The number of carbonyl (C=O) groups is 1. The van der Waals surface area contributed by atoms with E-state index in [-0.39, 0.29) is 23.4 Å². The van der Waals surface area contributed by atoms with E-state index < -0.39 is 31.5 Å². The minimum atomic E-state index is -4.76. The number of anilines is 4. The molecule has 1 unspecified atom stereocenters. The highest BCUT2D eigenvalue weighted by Crippen LogP contribution is 2.37. The van der Waals surface area contributed by atoms with Crippen LogP contribution >= 0.6 is 24.0 Å². The van der Waals surface area contributed by atoms with E-state index in [9.17, 15) is 22.5 Å². The van der Waals surface area contributed by atoms with Gasteiger partial charge in [0.05, 0.1) is 24.0 Å². The van der Waals surface area contributed by atoms with Crippen molar-refractivity contribution in [1.82, 2.24) is 15.3 Å². The number of benzene rings is 2. The monoisotopic (exact) mass is 614 g/mol. The molecule has 2 aromatic carbocycles. The summed E-state index contributed by atoms with van der Waals surface area (Å²) in [6, 6.07) is 9.79. The van der Waals surface area contributed by atoms with Crippen LogP contribution in [-0.4, -0.2) is 41.1 Å². The number of nitrogens with one attached hydrogen (secondary N) is 3. The molecule has 0 fully saturated rings. The Labute approximate surface area is 226 Å². The first-order chi connectivity index (χ1) is 18.0. The molecule has 1 aromatic heterocycles. The second kappa shape index (κ2) is 13.0. The molecule has 0 saturated heterocycles. The maximum Gasteiger partial charge on any atom is 0.505 e. The molecule has 0 aliphatic rings. The van der Waals surface area contributed by atoms with Gasteiger partial charge in [0.25, 0.3) is 5.91 Å². The number of carbonyl (C=O) groups excluding carboxylic acids is 1. The number of halogens is 4. The van der Waals surface area contributed by atoms with E-state index in [0.717, 1.165) is 5.56 Å². The number of rotatable bonds is 11. The number of aryl methyl sites for hydroxylation is 1. The number of amides is 1. The Bertz CT molecular complexity index is 1330. The Hall–Kier alpha value is -3.28. The second-order valence-corrected chi connectivity index (χ2v) is 10.1. The summed E-state index contributed by atoms with van der Waals surface area (Å²) in [6.45, 7) is 0. The normalized spacial score (nSPS) is 11.6. The minimum Gasteiger partial charge on any atom is -0.495 e. The third kappa shape index (κ3) is 7.86. The quantitative estimate of drug-likeness (QED) is 0.149. The van der Waals surface area contributed by atoms with E-state index in [1.165, 1.54) is 26.3 Å². The molecule has 0 aliphatic carbocycles. The lowest BCUT2D eigenvalue weighted by molar-refractivity contribution is -0.137. The fraction of sp³-hybridized carbons (Fsp3) is 0.292. The average Bonchev–Trinajstić information content (AvgIpc) is 2.87. The van der Waals surface area contributed by atoms with Gasteiger partial charge in [0.2, 0.25) is 5.95 Å². The van der Waals surface area contributed by atoms with Crippen molar-refractivity contribution in [3.8, 4) is 5.75 Å². The van der Waals surface area contributed by atoms with Crippen molar-refractivity contribution in [2.24, 2.45) is 0 Å². The Balaban J connectivity index is 1.90. The maximum atomic E-state index is 13.8. The van der Waals surface area contributed by atoms with Crippen LogP contribution in [-0.2, 0) is 17.2 Å². The zero-order valence-electron chi connectivity index (χ0n) is 20.4. The summed E-state index contributed by atoms with van der Waals surface area (Å²) in [5.74, 6) is -0.745. The lowest BCUT2D eigenvalue weighted by Gasteiger charge is -2.17. The van der Waals surface area contributed by atoms with Gasteiger partial charge in [-0.25, -0.2) is 4.98 Å². The highest BCUT2D eigenvalue weighted by molar-refractivity contribution is 9.10. The van der Waals surface area contributed by atoms with E-state index in [1.807, 2.05) is 6.07 Å². The second-order valence-electron chi connectivity index (χ2n) is 8.04. The highest BCUT2D eigenvalue weighted by atomic mass is 79.9. The molecule has 1 heterocycles. The van der Waals surface area contributed by atoms with Gasteiger partial charge in [0.15, 0.2) is 6.16 Å². The van der Waals surface area contributed by atoms with Crippen molar-refractivity contribution in [1.29, 1.82) is 0 Å². The van der Waals surface area contributed by atoms with Crippen LogP contribution in [0.25, 0.3) is 0 Å². The van der Waals surface area contributed by atoms with Crippen LogP contribution in [0.2, 0.25) is 0 Å². The van der Waals surface area contributed by atoms with Gasteiger partial charge in [-0.15, -0.1) is 0 Å². The van der Waals surface area contributed by atoms with Gasteiger partial charge in [-0.2, -0.15) is 23.0 Å². The predicted octanol–water partition coefficient (Wildman–Crippen LogP) is 6.17. The number of ether oxygens (including phenoxy) is 1. The van der Waals surface area contributed by atoms with Gasteiger partial charge < -0.3 is 20.7 Å². The highest BCUT2D eigenvalue weighted by Gasteiger charge is 2.35. The molecular formula is C24H25BrF3N5O4P+. The van der Waals surface area contributed by atoms with Crippen molar-refractivity contribution in [3.05, 3.63) is 63.8 Å². The van der Waals surface area contributed by atoms with Crippen LogP contribution in [0.1, 0.15) is 34.3 Å². The SMILES string of the molecule is CNC(=O)c1cc(Br)ccc1Nc1nc(Nc2ccc(CCCC[P+](=O)O)cc2OC)ncc1C(F)(F)F. The summed E-state index contributed by atoms with van der Waals surface area (Å²) in [6.07, 6.45) is -1.90. The fourth-order valence-corrected chi connectivity index (χ4v) is 4.37. The first kappa shape index (κ1) is 29.3. The van der Waals surface area contributed by atoms with Gasteiger partial charge in [0.1, 0.15) is 17.1 Å². The summed E-state index contributed by atoms with van der Waals surface area (Å²) < 4.78 is 58.1. The number of methoxy groups -OCH3 is 1. The van der Waals surface area contributed by atoms with Crippen LogP contribution in [0.5, 0.6) is 5.75 Å². The summed E-state index contributed by atoms with van der Waals surface area (Å²) in [4.78, 5) is 29.1. The number of aromatic nitrogens is 2. The van der Waals surface area contributed by atoms with Gasteiger partial charge in [-0.1, -0.05) is 22.0 Å². The predicted molar refractivity (Wildman–Crippen MR) is 142 cm³/mol. The molecule has 202 valence electrons. The molecule has 9 nitrogen and oxygen atoms in total. The summed E-state index contributed by atoms with van der Waals surface area (Å²) >= 11 is 3.26. The van der Waals surface area contributed by atoms with Crippen LogP contribution in [0, 0.1) is 0 Å². The Morgan fingerprint density at radius 1 is 1.13 bits per heavy atom. The van der Waals surface area contributed by atoms with Gasteiger partial charge in [-0.05, 0) is 59.7 Å². The van der Waals surface area contributed by atoms with E-state index in [2.05, 4.69) is 41.8 Å². The summed E-state index contributed by atoms with van der Waals surface area (Å²) in [5.41, 5.74) is 0.477. The standard InChI is InChI=1S/C24H24BrF3N5O4P/c1-29-22(34)16-12-15(25)7-9-18(16)31-21-17(24(26,27)28)13-30-23(33-21)32-19-8-6-14(11-20(19)37-2)5-3-4-10-38(35)36/h6-9,11-13H,3-5,10H2,1-2H3,(H3-,29,30,31,32,33,34,35,36)/p+1. The van der Waals surface area contributed by atoms with Crippen LogP contribution < -0.4 is 20.7 Å². The van der Waals surface area contributed by atoms with Crippen molar-refractivity contribution in [2.75, 3.05) is 31.0 Å². The van der Waals surface area contributed by atoms with Gasteiger partial charge >= 0.3 is 14.2 Å². The van der Waals surface area contributed by atoms with Gasteiger partial charge in [-0.3, -0.25) is 4.79 Å². The van der Waals surface area contributed by atoms with Crippen LogP contribution in [0.4, 0.5) is 36.3 Å². The molecule has 3 aromatic rings. The molecule has 0 spiro atoms. The molecule has 0 bridgehead atoms. The third-order valence-corrected chi connectivity index (χ3v) is 6.57. The lowest BCUT2D eigenvalue weighted by atomic mass is 10.1. The number of hydrogen-bond donors (Lipinski definition) is 4. The fourth-order valence-electron chi connectivity index (χ4n) is 3.51. The third-order valence-electron chi connectivity index (χ3n) is 5.38. The molecule has 0 radical (unpaired) electrons. The molecule has 1 amide bonds. The van der Waals surface area contributed by atoms with Crippen LogP contribution in [0.15, 0.2) is 47.1 Å². The van der Waals surface area contributed by atoms with E-state index in [4.69, 9.17) is 9.63 Å². The number of hydrogen-bond acceptors (Lipinski definition) is 7. The average molecular weight is 615 g/mol. The molecule has 38 heavy (non-hydrogen) atoms. The first-order valence-electron chi connectivity index (χ1n) is 11.3. The molecular weight excluding hydrogens is 590 g/mol. The number of alkyl halides is 3. The molecule has 0 saturated carbocycles. The molecule has 0 aliphatic heterocycles. The maximum absolute atomic E-state index is 13.8. The molecule has 14 heteroatoms. The molecule has 4 N–H and O–H groups in total. The summed E-state index contributed by atoms with van der Waals surface area (Å²) in [5, 5.41) is 7.97. The number of nitrogens with zero attached hydrogens (tertiary/aromatic N) is 2. The molecule has 1 atom stereocenters. The molecule has 3 rings (SSSR count). The first-order valence-corrected chi connectivity index (χ1v) is 13.5. The van der Waals surface area contributed by atoms with Crippen molar-refractivity contribution in [2.45, 2.75) is 25.4 Å². The summed E-state index contributed by atoms with van der Waals surface area (Å²) in [7, 11) is 0.711. The van der Waals surface area contributed by atoms with E-state index in [1.54, 1.807) is 18.2 Å². The Morgan fingerprint density at radius 3 is 2.53 bits per heavy atom. The zero-order chi connectivity index (χ0) is 27.9. The number of unbranched alkanes of at least 4 members (excludes halogenated alkanes) is 1. The van der Waals surface area contributed by atoms with Crippen LogP contribution in [0.3, 0.4) is 0 Å². The van der Waals surface area contributed by atoms with Crippen molar-refractivity contribution < 1.29 is 32.2 Å². The largest absolute Gasteiger partial charge is 0.505 e. The Kier molecular flexibility index (Phi) is 10.0. The Morgan fingerprint density at radius 2 is 1.87 bits per heavy atom. The van der Waals surface area contributed by atoms with Gasteiger partial charge in [0, 0.05) is 17.7 Å². The van der Waals surface area contributed by atoms with E-state index >= 15 is 0 Å². The zero-order valence-corrected chi connectivity index (χ0v) is 22.9. The van der Waals surface area contributed by atoms with E-state index in [0.29, 0.717) is 41.4 Å². The smallest absolute Gasteiger partial charge is 0.495 e. The lowest BCUT2D eigenvalue weighted by Crippen LogP contribution is -2.20. The minimum absolute atomic E-state index is 0.117.